The third kappa shape index (κ3) is 2.05. The Morgan fingerprint density at radius 2 is 1.86 bits per heavy atom. The van der Waals surface area contributed by atoms with Gasteiger partial charge in [-0.3, -0.25) is 4.90 Å². The second-order valence-corrected chi connectivity index (χ2v) is 7.40. The Labute approximate surface area is 127 Å². The molecule has 1 aromatic carbocycles. The lowest BCUT2D eigenvalue weighted by Gasteiger charge is -2.48. The molecule has 4 rings (SSSR count). The first-order chi connectivity index (χ1) is 10.3. The van der Waals surface area contributed by atoms with Gasteiger partial charge in [-0.15, -0.1) is 0 Å². The SMILES string of the molecule is Oc1ccc2c(c1)C1(CC1)CN(CC1(C(F)(F)F)CCC1)C2. The number of hydrogen-bond donors (Lipinski definition) is 1. The lowest BCUT2D eigenvalue weighted by Crippen LogP contribution is -2.53. The second-order valence-electron chi connectivity index (χ2n) is 7.40. The predicted molar refractivity (Wildman–Crippen MR) is 76.6 cm³/mol. The van der Waals surface area contributed by atoms with Crippen LogP contribution in [0.3, 0.4) is 0 Å². The molecule has 1 aliphatic heterocycles. The highest BCUT2D eigenvalue weighted by Gasteiger charge is 2.60. The lowest BCUT2D eigenvalue weighted by molar-refractivity contribution is -0.257. The third-order valence-corrected chi connectivity index (χ3v) is 5.88. The van der Waals surface area contributed by atoms with Gasteiger partial charge in [0.25, 0.3) is 0 Å². The van der Waals surface area contributed by atoms with Gasteiger partial charge < -0.3 is 5.11 Å². The van der Waals surface area contributed by atoms with Crippen LogP contribution >= 0.6 is 0 Å². The minimum Gasteiger partial charge on any atom is -0.508 e. The summed E-state index contributed by atoms with van der Waals surface area (Å²) in [5.74, 6) is 0.254. The number of phenolic OH excluding ortho intramolecular Hbond substituents is 1. The molecule has 0 saturated heterocycles. The Hall–Kier alpha value is -1.23. The molecule has 1 N–H and O–H groups in total. The van der Waals surface area contributed by atoms with E-state index in [2.05, 4.69) is 0 Å². The van der Waals surface area contributed by atoms with E-state index in [0.29, 0.717) is 19.5 Å². The third-order valence-electron chi connectivity index (χ3n) is 5.88. The lowest BCUT2D eigenvalue weighted by atomic mass is 9.67. The predicted octanol–water partition coefficient (Wildman–Crippen LogP) is 3.97. The van der Waals surface area contributed by atoms with Crippen molar-refractivity contribution in [1.82, 2.24) is 4.90 Å². The zero-order chi connectivity index (χ0) is 15.6. The molecule has 2 saturated carbocycles. The number of fused-ring (bicyclic) bond motifs is 2. The number of phenols is 1. The van der Waals surface area contributed by atoms with E-state index < -0.39 is 11.6 Å². The zero-order valence-electron chi connectivity index (χ0n) is 12.4. The summed E-state index contributed by atoms with van der Waals surface area (Å²) in [5.41, 5.74) is 0.733. The summed E-state index contributed by atoms with van der Waals surface area (Å²) in [6.07, 6.45) is -0.858. The summed E-state index contributed by atoms with van der Waals surface area (Å²) < 4.78 is 40.2. The summed E-state index contributed by atoms with van der Waals surface area (Å²) in [6, 6.07) is 5.32. The first-order valence-corrected chi connectivity index (χ1v) is 7.95. The second kappa shape index (κ2) is 4.40. The van der Waals surface area contributed by atoms with E-state index in [1.165, 1.54) is 0 Å². The quantitative estimate of drug-likeness (QED) is 0.893. The van der Waals surface area contributed by atoms with E-state index in [0.717, 1.165) is 24.0 Å². The maximum Gasteiger partial charge on any atom is 0.395 e. The van der Waals surface area contributed by atoms with Crippen molar-refractivity contribution in [2.75, 3.05) is 13.1 Å². The van der Waals surface area contributed by atoms with Gasteiger partial charge in [-0.25, -0.2) is 0 Å². The number of benzene rings is 1. The molecule has 1 aromatic rings. The van der Waals surface area contributed by atoms with Gasteiger partial charge in [0.2, 0.25) is 0 Å². The number of rotatable bonds is 2. The fourth-order valence-electron chi connectivity index (χ4n) is 4.26. The van der Waals surface area contributed by atoms with Crippen LogP contribution in [0.15, 0.2) is 18.2 Å². The summed E-state index contributed by atoms with van der Waals surface area (Å²) in [6.45, 7) is 1.38. The van der Waals surface area contributed by atoms with Crippen LogP contribution < -0.4 is 0 Å². The number of halogens is 3. The largest absolute Gasteiger partial charge is 0.508 e. The van der Waals surface area contributed by atoms with Crippen LogP contribution in [0, 0.1) is 5.41 Å². The van der Waals surface area contributed by atoms with E-state index in [1.807, 2.05) is 17.0 Å². The molecule has 0 amide bonds. The first kappa shape index (κ1) is 14.4. The fraction of sp³-hybridized carbons (Fsp3) is 0.647. The molecule has 2 nitrogen and oxygen atoms in total. The molecule has 0 radical (unpaired) electrons. The van der Waals surface area contributed by atoms with Crippen molar-refractivity contribution >= 4 is 0 Å². The maximum atomic E-state index is 13.4. The average Bonchev–Trinajstić information content (AvgIpc) is 3.14. The van der Waals surface area contributed by atoms with Gasteiger partial charge in [-0.05, 0) is 48.9 Å². The first-order valence-electron chi connectivity index (χ1n) is 7.95. The fourth-order valence-corrected chi connectivity index (χ4v) is 4.26. The summed E-state index contributed by atoms with van der Waals surface area (Å²) in [5, 5.41) is 9.69. The summed E-state index contributed by atoms with van der Waals surface area (Å²) in [7, 11) is 0. The van der Waals surface area contributed by atoms with Crippen LogP contribution in [0.2, 0.25) is 0 Å². The topological polar surface area (TPSA) is 23.5 Å². The van der Waals surface area contributed by atoms with Crippen LogP contribution in [0.4, 0.5) is 13.2 Å². The van der Waals surface area contributed by atoms with Crippen LogP contribution in [-0.4, -0.2) is 29.3 Å². The Morgan fingerprint density at radius 1 is 1.14 bits per heavy atom. The molecule has 120 valence electrons. The molecule has 0 unspecified atom stereocenters. The van der Waals surface area contributed by atoms with Crippen molar-refractivity contribution in [1.29, 1.82) is 0 Å². The van der Waals surface area contributed by atoms with E-state index >= 15 is 0 Å². The molecule has 2 fully saturated rings. The molecule has 5 heteroatoms. The number of hydrogen-bond acceptors (Lipinski definition) is 2. The normalized spacial score (nSPS) is 25.6. The van der Waals surface area contributed by atoms with Crippen molar-refractivity contribution in [2.24, 2.45) is 5.41 Å². The van der Waals surface area contributed by atoms with Crippen LogP contribution in [0.25, 0.3) is 0 Å². The van der Waals surface area contributed by atoms with Crippen molar-refractivity contribution in [3.63, 3.8) is 0 Å². The minimum absolute atomic E-state index is 0.0111. The number of nitrogens with zero attached hydrogens (tertiary/aromatic N) is 1. The standard InChI is InChI=1S/C17H20F3NO/c18-17(19,20)16(4-1-5-16)11-21-9-12-2-3-13(22)8-14(12)15(10-21)6-7-15/h2-3,8,22H,1,4-7,9-11H2. The van der Waals surface area contributed by atoms with Gasteiger partial charge in [0.1, 0.15) is 5.75 Å². The van der Waals surface area contributed by atoms with Crippen LogP contribution in [-0.2, 0) is 12.0 Å². The molecule has 2 aliphatic carbocycles. The highest BCUT2D eigenvalue weighted by Crippen LogP contribution is 2.56. The molecule has 1 heterocycles. The van der Waals surface area contributed by atoms with E-state index in [4.69, 9.17) is 0 Å². The van der Waals surface area contributed by atoms with Gasteiger partial charge in [0.05, 0.1) is 5.41 Å². The van der Waals surface area contributed by atoms with Gasteiger partial charge in [-0.1, -0.05) is 12.5 Å². The van der Waals surface area contributed by atoms with Gasteiger partial charge >= 0.3 is 6.18 Å². The molecule has 1 spiro atoms. The molecule has 22 heavy (non-hydrogen) atoms. The molecule has 3 aliphatic rings. The number of alkyl halides is 3. The number of aromatic hydroxyl groups is 1. The highest BCUT2D eigenvalue weighted by atomic mass is 19.4. The monoisotopic (exact) mass is 311 g/mol. The van der Waals surface area contributed by atoms with Crippen LogP contribution in [0.1, 0.15) is 43.2 Å². The highest BCUT2D eigenvalue weighted by molar-refractivity contribution is 5.45. The van der Waals surface area contributed by atoms with E-state index in [-0.39, 0.29) is 30.6 Å². The van der Waals surface area contributed by atoms with Crippen LogP contribution in [0.5, 0.6) is 5.75 Å². The summed E-state index contributed by atoms with van der Waals surface area (Å²) in [4.78, 5) is 2.00. The molecular formula is C17H20F3NO. The average molecular weight is 311 g/mol. The molecule has 0 atom stereocenters. The van der Waals surface area contributed by atoms with Gasteiger partial charge in [0.15, 0.2) is 0 Å². The van der Waals surface area contributed by atoms with Gasteiger partial charge in [-0.2, -0.15) is 13.2 Å². The smallest absolute Gasteiger partial charge is 0.395 e. The van der Waals surface area contributed by atoms with Crippen molar-refractivity contribution < 1.29 is 18.3 Å². The maximum absolute atomic E-state index is 13.4. The molecule has 0 aromatic heterocycles. The van der Waals surface area contributed by atoms with Crippen molar-refractivity contribution in [3.8, 4) is 5.75 Å². The Kier molecular flexibility index (Phi) is 2.88. The van der Waals surface area contributed by atoms with Crippen molar-refractivity contribution in [2.45, 2.75) is 50.2 Å². The minimum atomic E-state index is -4.10. The Morgan fingerprint density at radius 3 is 2.41 bits per heavy atom. The summed E-state index contributed by atoms with van der Waals surface area (Å²) >= 11 is 0. The Bertz CT molecular complexity index is 602. The van der Waals surface area contributed by atoms with E-state index in [1.54, 1.807) is 6.07 Å². The molecule has 0 bridgehead atoms. The molecular weight excluding hydrogens is 291 g/mol. The van der Waals surface area contributed by atoms with Crippen molar-refractivity contribution in [3.05, 3.63) is 29.3 Å². The van der Waals surface area contributed by atoms with E-state index in [9.17, 15) is 18.3 Å². The Balaban J connectivity index is 1.60. The van der Waals surface area contributed by atoms with Gasteiger partial charge in [0, 0.05) is 25.0 Å². The zero-order valence-corrected chi connectivity index (χ0v) is 12.4.